The van der Waals surface area contributed by atoms with Crippen molar-refractivity contribution in [2.24, 2.45) is 11.8 Å². The maximum absolute atomic E-state index is 11.9. The van der Waals surface area contributed by atoms with Gasteiger partial charge in [0.05, 0.1) is 13.2 Å². The molecule has 94 valence electrons. The van der Waals surface area contributed by atoms with Gasteiger partial charge in [-0.05, 0) is 5.56 Å². The van der Waals surface area contributed by atoms with Crippen LogP contribution in [-0.4, -0.2) is 36.3 Å². The van der Waals surface area contributed by atoms with Crippen LogP contribution in [0.25, 0.3) is 0 Å². The number of cyclic esters (lactones) is 1. The number of ether oxygens (including phenoxy) is 1. The van der Waals surface area contributed by atoms with Crippen molar-refractivity contribution in [1.82, 2.24) is 4.90 Å². The van der Waals surface area contributed by atoms with Crippen molar-refractivity contribution in [2.75, 3.05) is 19.7 Å². The number of likely N-dealkylation sites (tertiary alicyclic amines) is 1. The summed E-state index contributed by atoms with van der Waals surface area (Å²) in [5.74, 6) is -0.784. The molecule has 0 aliphatic carbocycles. The molecular formula is C14H15NO3. The predicted octanol–water partition coefficient (Wildman–Crippen LogP) is 0.861. The topological polar surface area (TPSA) is 46.6 Å². The third kappa shape index (κ3) is 2.04. The van der Waals surface area contributed by atoms with E-state index < -0.39 is 5.92 Å². The summed E-state index contributed by atoms with van der Waals surface area (Å²) in [7, 11) is 0. The molecule has 0 spiro atoms. The van der Waals surface area contributed by atoms with Crippen LogP contribution in [0.2, 0.25) is 0 Å². The van der Waals surface area contributed by atoms with E-state index in [1.165, 1.54) is 5.56 Å². The quantitative estimate of drug-likeness (QED) is 0.572. The van der Waals surface area contributed by atoms with Gasteiger partial charge in [0.1, 0.15) is 5.92 Å². The molecule has 2 heterocycles. The summed E-state index contributed by atoms with van der Waals surface area (Å²) in [6.45, 7) is 2.26. The fraction of sp³-hybridized carbons (Fsp3) is 0.429. The molecule has 0 unspecified atom stereocenters. The largest absolute Gasteiger partial charge is 0.465 e. The van der Waals surface area contributed by atoms with Crippen molar-refractivity contribution in [1.29, 1.82) is 0 Å². The van der Waals surface area contributed by atoms with Crippen LogP contribution in [0.4, 0.5) is 0 Å². The normalized spacial score (nSPS) is 28.0. The van der Waals surface area contributed by atoms with Crippen LogP contribution in [0.15, 0.2) is 30.3 Å². The smallest absolute Gasteiger partial charge is 0.317 e. The van der Waals surface area contributed by atoms with Crippen LogP contribution in [0.3, 0.4) is 0 Å². The molecule has 2 aliphatic rings. The zero-order chi connectivity index (χ0) is 12.5. The first kappa shape index (κ1) is 11.4. The van der Waals surface area contributed by atoms with E-state index >= 15 is 0 Å². The van der Waals surface area contributed by atoms with Gasteiger partial charge in [-0.3, -0.25) is 14.5 Å². The van der Waals surface area contributed by atoms with E-state index in [1.54, 1.807) is 0 Å². The summed E-state index contributed by atoms with van der Waals surface area (Å²) in [4.78, 5) is 25.5. The number of rotatable bonds is 2. The van der Waals surface area contributed by atoms with Gasteiger partial charge in [-0.1, -0.05) is 30.3 Å². The van der Waals surface area contributed by atoms with Crippen LogP contribution < -0.4 is 0 Å². The van der Waals surface area contributed by atoms with Crippen LogP contribution in [-0.2, 0) is 20.9 Å². The summed E-state index contributed by atoms with van der Waals surface area (Å²) >= 11 is 0. The molecule has 2 saturated heterocycles. The lowest BCUT2D eigenvalue weighted by molar-refractivity contribution is -0.145. The average Bonchev–Trinajstić information content (AvgIpc) is 2.72. The Kier molecular flexibility index (Phi) is 2.88. The highest BCUT2D eigenvalue weighted by Crippen LogP contribution is 2.28. The minimum absolute atomic E-state index is 0.00433. The van der Waals surface area contributed by atoms with Crippen LogP contribution in [0.5, 0.6) is 0 Å². The molecule has 2 aliphatic heterocycles. The number of Topliss-reactive ketones (excluding diaryl/α,β-unsaturated/α-hetero) is 1. The van der Waals surface area contributed by atoms with Gasteiger partial charge >= 0.3 is 5.97 Å². The Morgan fingerprint density at radius 1 is 1.22 bits per heavy atom. The number of hydrogen-bond donors (Lipinski definition) is 0. The standard InChI is InChI=1S/C14H15NO3/c16-12-8-15(6-10-4-2-1-3-5-10)7-11-9-18-14(17)13(11)12/h1-5,11,13H,6-9H2/t11-,13+/m1/s1. The molecule has 0 saturated carbocycles. The van der Waals surface area contributed by atoms with Crippen molar-refractivity contribution >= 4 is 11.8 Å². The monoisotopic (exact) mass is 245 g/mol. The Morgan fingerprint density at radius 3 is 2.78 bits per heavy atom. The maximum atomic E-state index is 11.9. The fourth-order valence-corrected chi connectivity index (χ4v) is 2.80. The molecule has 2 atom stereocenters. The number of piperidine rings is 1. The highest BCUT2D eigenvalue weighted by molar-refractivity contribution is 6.02. The van der Waals surface area contributed by atoms with Gasteiger partial charge in [0, 0.05) is 19.0 Å². The Bertz CT molecular complexity index is 471. The van der Waals surface area contributed by atoms with Crippen molar-refractivity contribution in [3.8, 4) is 0 Å². The molecule has 0 amide bonds. The van der Waals surface area contributed by atoms with Crippen LogP contribution in [0, 0.1) is 11.8 Å². The van der Waals surface area contributed by atoms with Gasteiger partial charge in [-0.25, -0.2) is 0 Å². The number of ketones is 1. The van der Waals surface area contributed by atoms with Gasteiger partial charge < -0.3 is 4.74 Å². The van der Waals surface area contributed by atoms with Crippen molar-refractivity contribution < 1.29 is 14.3 Å². The molecule has 0 aromatic heterocycles. The molecule has 3 rings (SSSR count). The van der Waals surface area contributed by atoms with E-state index in [4.69, 9.17) is 4.74 Å². The fourth-order valence-electron chi connectivity index (χ4n) is 2.80. The molecule has 0 N–H and O–H groups in total. The highest BCUT2D eigenvalue weighted by atomic mass is 16.5. The van der Waals surface area contributed by atoms with Crippen molar-refractivity contribution in [3.05, 3.63) is 35.9 Å². The minimum Gasteiger partial charge on any atom is -0.465 e. The number of nitrogens with zero attached hydrogens (tertiary/aromatic N) is 1. The van der Waals surface area contributed by atoms with Crippen LogP contribution in [0.1, 0.15) is 5.56 Å². The SMILES string of the molecule is O=C1CN(Cc2ccccc2)C[C@@H]2COC(=O)[C@H]12. The number of hydrogen-bond acceptors (Lipinski definition) is 4. The first-order valence-corrected chi connectivity index (χ1v) is 6.19. The van der Waals surface area contributed by atoms with E-state index in [-0.39, 0.29) is 17.7 Å². The average molecular weight is 245 g/mol. The maximum Gasteiger partial charge on any atom is 0.317 e. The zero-order valence-corrected chi connectivity index (χ0v) is 10.0. The Hall–Kier alpha value is -1.68. The van der Waals surface area contributed by atoms with E-state index in [0.717, 1.165) is 13.1 Å². The second-order valence-electron chi connectivity index (χ2n) is 4.99. The van der Waals surface area contributed by atoms with Crippen molar-refractivity contribution in [2.45, 2.75) is 6.54 Å². The number of fused-ring (bicyclic) bond motifs is 1. The molecule has 0 bridgehead atoms. The molecule has 1 aromatic rings. The Morgan fingerprint density at radius 2 is 2.00 bits per heavy atom. The molecular weight excluding hydrogens is 230 g/mol. The second-order valence-corrected chi connectivity index (χ2v) is 4.99. The molecule has 2 fully saturated rings. The van der Waals surface area contributed by atoms with E-state index in [1.807, 2.05) is 30.3 Å². The van der Waals surface area contributed by atoms with Gasteiger partial charge in [-0.2, -0.15) is 0 Å². The highest BCUT2D eigenvalue weighted by Gasteiger charge is 2.46. The van der Waals surface area contributed by atoms with E-state index in [0.29, 0.717) is 13.2 Å². The Balaban J connectivity index is 1.70. The predicted molar refractivity (Wildman–Crippen MR) is 64.7 cm³/mol. The van der Waals surface area contributed by atoms with E-state index in [9.17, 15) is 9.59 Å². The first-order valence-electron chi connectivity index (χ1n) is 6.19. The summed E-state index contributed by atoms with van der Waals surface area (Å²) < 4.78 is 4.98. The number of carbonyl (C=O) groups is 2. The number of esters is 1. The lowest BCUT2D eigenvalue weighted by Gasteiger charge is -2.31. The molecule has 4 heteroatoms. The molecule has 0 radical (unpaired) electrons. The third-order valence-corrected chi connectivity index (χ3v) is 3.63. The number of carbonyl (C=O) groups excluding carboxylic acids is 2. The van der Waals surface area contributed by atoms with Gasteiger partial charge in [0.15, 0.2) is 5.78 Å². The molecule has 18 heavy (non-hydrogen) atoms. The summed E-state index contributed by atoms with van der Waals surface area (Å²) in [5, 5.41) is 0. The summed E-state index contributed by atoms with van der Waals surface area (Å²) in [5.41, 5.74) is 1.19. The first-order chi connectivity index (χ1) is 8.74. The third-order valence-electron chi connectivity index (χ3n) is 3.63. The lowest BCUT2D eigenvalue weighted by Crippen LogP contribution is -2.46. The van der Waals surface area contributed by atoms with E-state index in [2.05, 4.69) is 4.90 Å². The van der Waals surface area contributed by atoms with Gasteiger partial charge in [-0.15, -0.1) is 0 Å². The molecule has 1 aromatic carbocycles. The number of benzene rings is 1. The second kappa shape index (κ2) is 4.53. The summed E-state index contributed by atoms with van der Waals surface area (Å²) in [6.07, 6.45) is 0. The van der Waals surface area contributed by atoms with Gasteiger partial charge in [0.2, 0.25) is 0 Å². The molecule has 4 nitrogen and oxygen atoms in total. The summed E-state index contributed by atoms with van der Waals surface area (Å²) in [6, 6.07) is 10.1. The van der Waals surface area contributed by atoms with Crippen LogP contribution >= 0.6 is 0 Å². The lowest BCUT2D eigenvalue weighted by atomic mass is 9.87. The van der Waals surface area contributed by atoms with Gasteiger partial charge in [0.25, 0.3) is 0 Å². The Labute approximate surface area is 106 Å². The van der Waals surface area contributed by atoms with Crippen molar-refractivity contribution in [3.63, 3.8) is 0 Å². The minimum atomic E-state index is -0.503. The zero-order valence-electron chi connectivity index (χ0n) is 10.0.